The zero-order valence-electron chi connectivity index (χ0n) is 9.57. The number of halogens is 1. The van der Waals surface area contributed by atoms with E-state index in [2.05, 4.69) is 26.6 Å². The van der Waals surface area contributed by atoms with Crippen LogP contribution in [0.1, 0.15) is 12.0 Å². The van der Waals surface area contributed by atoms with E-state index < -0.39 is 0 Å². The summed E-state index contributed by atoms with van der Waals surface area (Å²) >= 11 is 7.57. The van der Waals surface area contributed by atoms with Gasteiger partial charge in [-0.3, -0.25) is 4.90 Å². The normalized spacial score (nSPS) is 19.8. The summed E-state index contributed by atoms with van der Waals surface area (Å²) in [4.78, 5) is 5.02. The first-order valence-electron chi connectivity index (χ1n) is 5.90. The maximum atomic E-state index is 5.79. The highest BCUT2D eigenvalue weighted by Crippen LogP contribution is 2.11. The lowest BCUT2D eigenvalue weighted by molar-refractivity contribution is 0.258. The Hall–Kier alpha value is -0.0900. The molecule has 0 bridgehead atoms. The molecule has 1 aromatic heterocycles. The molecule has 0 amide bonds. The molecule has 4 heteroatoms. The summed E-state index contributed by atoms with van der Waals surface area (Å²) in [6.45, 7) is 6.90. The van der Waals surface area contributed by atoms with Crippen molar-refractivity contribution in [1.29, 1.82) is 0 Å². The highest BCUT2D eigenvalue weighted by molar-refractivity contribution is 7.07. The van der Waals surface area contributed by atoms with Crippen LogP contribution in [-0.4, -0.2) is 48.4 Å². The van der Waals surface area contributed by atoms with E-state index >= 15 is 0 Å². The molecule has 0 N–H and O–H groups in total. The van der Waals surface area contributed by atoms with Gasteiger partial charge in [-0.05, 0) is 41.9 Å². The Balaban J connectivity index is 1.80. The molecule has 2 rings (SSSR count). The minimum atomic E-state index is 0.754. The van der Waals surface area contributed by atoms with Crippen LogP contribution in [0.5, 0.6) is 0 Å². The van der Waals surface area contributed by atoms with Gasteiger partial charge in [-0.15, -0.1) is 11.6 Å². The van der Waals surface area contributed by atoms with Crippen molar-refractivity contribution in [2.75, 3.05) is 38.6 Å². The van der Waals surface area contributed by atoms with Gasteiger partial charge in [0.1, 0.15) is 0 Å². The third-order valence-corrected chi connectivity index (χ3v) is 3.97. The molecule has 1 aromatic rings. The van der Waals surface area contributed by atoms with Gasteiger partial charge in [0.25, 0.3) is 0 Å². The van der Waals surface area contributed by atoms with Gasteiger partial charge in [-0.1, -0.05) is 0 Å². The maximum Gasteiger partial charge on any atom is 0.0351 e. The molecule has 2 nitrogen and oxygen atoms in total. The van der Waals surface area contributed by atoms with E-state index in [9.17, 15) is 0 Å². The maximum absolute atomic E-state index is 5.79. The first-order valence-corrected chi connectivity index (χ1v) is 7.38. The lowest BCUT2D eigenvalue weighted by Crippen LogP contribution is -2.31. The van der Waals surface area contributed by atoms with Crippen LogP contribution in [0.3, 0.4) is 0 Å². The van der Waals surface area contributed by atoms with Crippen molar-refractivity contribution in [3.05, 3.63) is 22.4 Å². The second-order valence-electron chi connectivity index (χ2n) is 4.29. The summed E-state index contributed by atoms with van der Waals surface area (Å²) in [7, 11) is 0. The molecule has 1 aliphatic rings. The van der Waals surface area contributed by atoms with Crippen molar-refractivity contribution in [2.45, 2.75) is 13.0 Å². The molecule has 1 fully saturated rings. The molecule has 0 aliphatic carbocycles. The molecule has 0 aromatic carbocycles. The monoisotopic (exact) mass is 258 g/mol. The predicted octanol–water partition coefficient (Wildman–Crippen LogP) is 2.49. The Labute approximate surface area is 107 Å². The minimum absolute atomic E-state index is 0.754. The summed E-state index contributed by atoms with van der Waals surface area (Å²) in [6, 6.07) is 2.23. The molecule has 1 saturated heterocycles. The summed E-state index contributed by atoms with van der Waals surface area (Å²) in [5, 5.41) is 4.41. The highest BCUT2D eigenvalue weighted by atomic mass is 35.5. The van der Waals surface area contributed by atoms with E-state index in [1.165, 1.54) is 31.6 Å². The van der Waals surface area contributed by atoms with Crippen molar-refractivity contribution >= 4 is 22.9 Å². The van der Waals surface area contributed by atoms with Crippen LogP contribution in [0, 0.1) is 0 Å². The minimum Gasteiger partial charge on any atom is -0.301 e. The van der Waals surface area contributed by atoms with Crippen LogP contribution in [0.15, 0.2) is 16.8 Å². The third-order valence-electron chi connectivity index (χ3n) is 3.07. The zero-order valence-corrected chi connectivity index (χ0v) is 11.1. The Morgan fingerprint density at radius 2 is 2.00 bits per heavy atom. The summed E-state index contributed by atoms with van der Waals surface area (Å²) in [5.74, 6) is 0.754. The molecule has 0 saturated carbocycles. The Morgan fingerprint density at radius 1 is 1.19 bits per heavy atom. The van der Waals surface area contributed by atoms with Gasteiger partial charge in [-0.25, -0.2) is 0 Å². The standard InChI is InChI=1S/C12H19ClN2S/c13-3-6-14-4-1-5-15(8-7-14)10-12-2-9-16-11-12/h2,9,11H,1,3-8,10H2. The number of nitrogens with zero attached hydrogens (tertiary/aromatic N) is 2. The number of hydrogen-bond donors (Lipinski definition) is 0. The Morgan fingerprint density at radius 3 is 2.75 bits per heavy atom. The third kappa shape index (κ3) is 3.74. The topological polar surface area (TPSA) is 6.48 Å². The molecule has 0 radical (unpaired) electrons. The number of thiophene rings is 1. The average molecular weight is 259 g/mol. The quantitative estimate of drug-likeness (QED) is 0.766. The average Bonchev–Trinajstić information content (AvgIpc) is 2.68. The summed E-state index contributed by atoms with van der Waals surface area (Å²) in [5.41, 5.74) is 1.45. The fourth-order valence-corrected chi connectivity index (χ4v) is 3.07. The Kier molecular flexibility index (Phi) is 5.10. The lowest BCUT2D eigenvalue weighted by atomic mass is 10.3. The summed E-state index contributed by atoms with van der Waals surface area (Å²) < 4.78 is 0. The second-order valence-corrected chi connectivity index (χ2v) is 5.45. The van der Waals surface area contributed by atoms with Gasteiger partial charge < -0.3 is 4.90 Å². The smallest absolute Gasteiger partial charge is 0.0351 e. The Bertz CT molecular complexity index is 289. The molecule has 16 heavy (non-hydrogen) atoms. The van der Waals surface area contributed by atoms with E-state index in [1.807, 2.05) is 0 Å². The molecule has 0 unspecified atom stereocenters. The van der Waals surface area contributed by atoms with Crippen LogP contribution in [0.2, 0.25) is 0 Å². The second kappa shape index (κ2) is 6.60. The number of hydrogen-bond acceptors (Lipinski definition) is 3. The number of rotatable bonds is 4. The van der Waals surface area contributed by atoms with Gasteiger partial charge in [0, 0.05) is 32.1 Å². The van der Waals surface area contributed by atoms with Crippen LogP contribution in [-0.2, 0) is 6.54 Å². The highest BCUT2D eigenvalue weighted by Gasteiger charge is 2.14. The first kappa shape index (κ1) is 12.4. The zero-order chi connectivity index (χ0) is 11.2. The molecule has 1 aliphatic heterocycles. The lowest BCUT2D eigenvalue weighted by Gasteiger charge is -2.20. The fraction of sp³-hybridized carbons (Fsp3) is 0.667. The molecule has 90 valence electrons. The summed E-state index contributed by atoms with van der Waals surface area (Å²) in [6.07, 6.45) is 1.26. The van der Waals surface area contributed by atoms with Crippen LogP contribution in [0.4, 0.5) is 0 Å². The molecule has 0 atom stereocenters. The van der Waals surface area contributed by atoms with Crippen molar-refractivity contribution in [1.82, 2.24) is 9.80 Å². The van der Waals surface area contributed by atoms with Crippen molar-refractivity contribution in [3.8, 4) is 0 Å². The molecular weight excluding hydrogens is 240 g/mol. The van der Waals surface area contributed by atoms with Gasteiger partial charge in [0.2, 0.25) is 0 Å². The van der Waals surface area contributed by atoms with Gasteiger partial charge in [-0.2, -0.15) is 11.3 Å². The predicted molar refractivity (Wildman–Crippen MR) is 71.4 cm³/mol. The van der Waals surface area contributed by atoms with Crippen molar-refractivity contribution < 1.29 is 0 Å². The SMILES string of the molecule is ClCCN1CCCN(Cc2ccsc2)CC1. The fourth-order valence-electron chi connectivity index (χ4n) is 2.17. The van der Waals surface area contributed by atoms with Crippen LogP contribution in [0.25, 0.3) is 0 Å². The molecule has 0 spiro atoms. The number of alkyl halides is 1. The van der Waals surface area contributed by atoms with E-state index in [0.717, 1.165) is 25.5 Å². The van der Waals surface area contributed by atoms with Crippen molar-refractivity contribution in [2.24, 2.45) is 0 Å². The van der Waals surface area contributed by atoms with E-state index in [-0.39, 0.29) is 0 Å². The van der Waals surface area contributed by atoms with Gasteiger partial charge in [0.15, 0.2) is 0 Å². The van der Waals surface area contributed by atoms with Crippen molar-refractivity contribution in [3.63, 3.8) is 0 Å². The van der Waals surface area contributed by atoms with E-state index in [1.54, 1.807) is 11.3 Å². The van der Waals surface area contributed by atoms with Crippen LogP contribution >= 0.6 is 22.9 Å². The van der Waals surface area contributed by atoms with E-state index in [0.29, 0.717) is 0 Å². The molecule has 2 heterocycles. The first-order chi connectivity index (χ1) is 7.88. The van der Waals surface area contributed by atoms with Gasteiger partial charge >= 0.3 is 0 Å². The largest absolute Gasteiger partial charge is 0.301 e. The van der Waals surface area contributed by atoms with Crippen LogP contribution < -0.4 is 0 Å². The van der Waals surface area contributed by atoms with E-state index in [4.69, 9.17) is 11.6 Å². The molecular formula is C12H19ClN2S. The van der Waals surface area contributed by atoms with Gasteiger partial charge in [0.05, 0.1) is 0 Å².